The van der Waals surface area contributed by atoms with Gasteiger partial charge in [-0.1, -0.05) is 5.21 Å². The number of Topliss-reactive ketones (excluding diaryl/α,β-unsaturated/α-hetero) is 1. The fourth-order valence-electron chi connectivity index (χ4n) is 11.6. The molecule has 14 N–H and O–H groups in total. The van der Waals surface area contributed by atoms with Gasteiger partial charge in [0.1, 0.15) is 34.9 Å². The second-order valence-corrected chi connectivity index (χ2v) is 38.7. The number of ketones is 2. The molecule has 9 heterocycles. The Morgan fingerprint density at radius 2 is 1.00 bits per heavy atom. The van der Waals surface area contributed by atoms with Crippen molar-refractivity contribution in [3.8, 4) is 5.75 Å². The average molecular weight is 2110 g/mol. The molecule has 1 atom stereocenters. The number of aromatic hydroxyl groups is 1. The standard InChI is InChI=1S/C12H18N2O3.C11H18N2O3.C10H17N3O3.C9H19N7O.C9H17N3O2S.C8H15N3OS.C7H16N6.C7H15N5.C7H14N4O2.C7H14N4OS/c1-13(2)5-4-6-14(3)10-7-9(15)8-11(16)12(10)17;1-12(2)5-4-6-13(3)9-7-16-8-10(14)11(9)15;1-12(2)5-4-6-13(3)7-8(14)10(16)11-9(7)15;1-15(2)5-4-6-16(3)9(17)10-7-8-11-13-14-12-8;1-11(2)5-4-6-12(3)8-7(13)10-9(14)15-8;1-10(2)4-5-11(3)8-6-7(12)9-13-8;1-12(2)4-5-13(3)7-9-6(8)10-11-7;1-11(2)4-5-12(3)7-8-6-9-10-7;1-10(2)4-5-11(3)6-8-7(12)13-9-6;1-10(2)4-5-11(3)6-7(12)9-13-8-6/h7-8,16H,4-6H2,1-3H3;7-8,14H,4-6H2,1-3H3;4-6H2,1-3H3,(H2,11,14,15,16);4-7H2,1-3H3,(H,10,17)(H,11,12,13,14);8H,4-6H2,1-3H3,(H,10,13,14);6H,4-5H2,1-3H3,(H,9,12);4-5H2,1-3H3,(H3,8,9,10,11);6H,4-5H2,1-3H3,(H,8,9,10);4-5H2,1-3H3,(H,8,9,12);4-5H2,1-3H3,(H,9,12). The number of carbonyl (C=O) groups is 7. The molecule has 7 aromatic heterocycles. The number of aliphatic hydroxyl groups excluding tert-OH is 2. The van der Waals surface area contributed by atoms with Crippen molar-refractivity contribution in [1.82, 2.24) is 159 Å². The number of nitrogens with zero attached hydrogens (tertiary/aromatic N) is 29. The lowest BCUT2D eigenvalue weighted by atomic mass is 10.1. The Bertz CT molecular complexity index is 5080. The number of amides is 6. The Labute approximate surface area is 862 Å². The Hall–Kier alpha value is -12.3. The average Bonchev–Trinajstić information content (AvgIpc) is 1.44. The summed E-state index contributed by atoms with van der Waals surface area (Å²) < 4.78 is 18.4. The summed E-state index contributed by atoms with van der Waals surface area (Å²) in [5, 5.41) is 65.3. The van der Waals surface area contributed by atoms with E-state index in [0.29, 0.717) is 48.3 Å². The number of aromatic amines is 6. The number of allylic oxidation sites excluding steroid dienone is 2. The van der Waals surface area contributed by atoms with Crippen LogP contribution in [-0.4, -0.2) is 546 Å². The largest absolute Gasteiger partial charge is 0.504 e. The Morgan fingerprint density at radius 3 is 1.43 bits per heavy atom. The second kappa shape index (κ2) is 71.2. The SMILES string of the molecule is CN(C)CCCN(C)C(=O)NCc1nn[nH]n1.CN(C)CCCN(C)C1=C(O)C(=O)NC1=O.CN(C)CCCN(C)C1=CC(=O)C=C(O)C1=O.CN(C)CCCN(C)C1SC(=O)NC1=O.CN(C)CCCN(C)c1cocc(O)c1=O.CN(C)CCN(C)c1cc(=O)[nH]s1.CN(C)CCN(C)c1n[nH]c(N)n1.CN(C)CCN(C)c1ncn[nH]1.CN(C)CCN(C)c1noc(=O)[nH]1.CN(C)CCN(C)c1ns[nH]c1=O. The lowest BCUT2D eigenvalue weighted by molar-refractivity contribution is -0.125. The van der Waals surface area contributed by atoms with Gasteiger partial charge in [0.25, 0.3) is 28.5 Å². The first-order valence-corrected chi connectivity index (χ1v) is 48.7. The van der Waals surface area contributed by atoms with Crippen LogP contribution >= 0.6 is 35.0 Å². The summed E-state index contributed by atoms with van der Waals surface area (Å²) in [6.07, 6.45) is 10.7. The summed E-state index contributed by atoms with van der Waals surface area (Å²) in [5.74, 6) is -0.880. The molecule has 3 aliphatic rings. The van der Waals surface area contributed by atoms with Crippen LogP contribution in [-0.2, 0) is 30.5 Å². The van der Waals surface area contributed by atoms with Crippen molar-refractivity contribution < 1.29 is 57.8 Å². The van der Waals surface area contributed by atoms with Gasteiger partial charge in [-0.05, 0) is 241 Å². The van der Waals surface area contributed by atoms with E-state index in [0.717, 1.165) is 197 Å². The molecular weight excluding hydrogens is 1940 g/mol. The normalized spacial score (nSPS) is 13.0. The highest BCUT2D eigenvalue weighted by molar-refractivity contribution is 8.15. The van der Waals surface area contributed by atoms with Gasteiger partial charge in [0.05, 0.1) is 12.2 Å². The third kappa shape index (κ3) is 57.2. The number of imide groups is 2. The minimum Gasteiger partial charge on any atom is -0.504 e. The zero-order valence-electron chi connectivity index (χ0n) is 90.3. The van der Waals surface area contributed by atoms with Gasteiger partial charge in [-0.2, -0.15) is 24.7 Å². The molecule has 6 amide bonds. The molecule has 2 aliphatic heterocycles. The van der Waals surface area contributed by atoms with Crippen molar-refractivity contribution in [2.24, 2.45) is 0 Å². The smallest absolute Gasteiger partial charge is 0.440 e. The molecule has 7 aromatic rings. The molecule has 1 aliphatic carbocycles. The van der Waals surface area contributed by atoms with E-state index in [1.807, 2.05) is 223 Å². The van der Waals surface area contributed by atoms with E-state index in [1.165, 1.54) is 30.2 Å². The summed E-state index contributed by atoms with van der Waals surface area (Å²) >= 11 is 3.52. The zero-order chi connectivity index (χ0) is 110. The maximum atomic E-state index is 11.6. The third-order valence-corrected chi connectivity index (χ3v) is 22.8. The molecule has 145 heavy (non-hydrogen) atoms. The first-order valence-electron chi connectivity index (χ1n) is 46.3. The van der Waals surface area contributed by atoms with E-state index >= 15 is 0 Å². The lowest BCUT2D eigenvalue weighted by Crippen LogP contribution is -2.38. The molecule has 1 fully saturated rings. The van der Waals surface area contributed by atoms with E-state index in [1.54, 1.807) is 53.9 Å². The zero-order valence-corrected chi connectivity index (χ0v) is 92.8. The predicted octanol–water partition coefficient (Wildman–Crippen LogP) is -1.34. The van der Waals surface area contributed by atoms with Crippen molar-refractivity contribution in [3.05, 3.63) is 107 Å². The minimum atomic E-state index is -0.723. The van der Waals surface area contributed by atoms with Gasteiger partial charge >= 0.3 is 17.3 Å². The Kier molecular flexibility index (Phi) is 64.2. The van der Waals surface area contributed by atoms with Crippen molar-refractivity contribution in [1.29, 1.82) is 0 Å². The predicted molar refractivity (Wildman–Crippen MR) is 570 cm³/mol. The number of tetrazole rings is 1. The van der Waals surface area contributed by atoms with Gasteiger partial charge in [-0.15, -0.1) is 15.3 Å². The number of aliphatic hydroxyl groups is 2. The van der Waals surface area contributed by atoms with Crippen LogP contribution in [0.2, 0.25) is 0 Å². The topological polar surface area (TPSA) is 612 Å². The molecule has 0 bridgehead atoms. The van der Waals surface area contributed by atoms with Crippen molar-refractivity contribution in [2.75, 3.05) is 377 Å². The maximum Gasteiger partial charge on any atom is 0.440 e. The number of nitrogens with one attached hydrogen (secondary N) is 9. The van der Waals surface area contributed by atoms with Crippen molar-refractivity contribution >= 4 is 116 Å². The molecule has 0 aromatic carbocycles. The number of aromatic nitrogens is 15. The van der Waals surface area contributed by atoms with E-state index < -0.39 is 40.3 Å². The molecule has 10 rings (SSSR count). The number of hydrogen-bond donors (Lipinski definition) is 13. The van der Waals surface area contributed by atoms with Gasteiger partial charge in [0.15, 0.2) is 23.1 Å². The summed E-state index contributed by atoms with van der Waals surface area (Å²) in [5.41, 5.74) is 5.60. The number of hydrogen-bond acceptors (Lipinski definition) is 48. The number of H-pyrrole nitrogens is 6. The third-order valence-electron chi connectivity index (χ3n) is 20.2. The van der Waals surface area contributed by atoms with Gasteiger partial charge < -0.3 is 124 Å². The van der Waals surface area contributed by atoms with Gasteiger partial charge in [-0.25, -0.2) is 19.8 Å². The lowest BCUT2D eigenvalue weighted by Gasteiger charge is -2.23. The maximum absolute atomic E-state index is 11.6. The Morgan fingerprint density at radius 1 is 0.503 bits per heavy atom. The van der Waals surface area contributed by atoms with Crippen LogP contribution in [0.4, 0.5) is 49.9 Å². The summed E-state index contributed by atoms with van der Waals surface area (Å²) in [7, 11) is 58.6. The van der Waals surface area contributed by atoms with Crippen molar-refractivity contribution in [3.63, 3.8) is 0 Å². The van der Waals surface area contributed by atoms with E-state index in [9.17, 15) is 68.1 Å². The number of nitrogen functional groups attached to an aromatic ring is 1. The second-order valence-electron chi connectivity index (χ2n) is 36.3. The number of nitrogens with two attached hydrogens (primary N) is 1. The van der Waals surface area contributed by atoms with E-state index in [2.05, 4.69) is 134 Å². The van der Waals surface area contributed by atoms with Crippen LogP contribution in [0.15, 0.2) is 88.1 Å². The number of likely N-dealkylation sites (N-methyl/N-ethyl adjacent to an activating group) is 13. The molecular formula is C87H163N39O16S3. The molecule has 0 spiro atoms. The van der Waals surface area contributed by atoms with Crippen LogP contribution in [0, 0.1) is 0 Å². The van der Waals surface area contributed by atoms with Crippen molar-refractivity contribution in [2.45, 2.75) is 44.0 Å². The number of carbonyl (C=O) groups excluding carboxylic acids is 7. The first-order chi connectivity index (χ1) is 68.0. The Balaban J connectivity index is 0.000000807. The number of anilines is 7. The molecule has 58 heteroatoms. The van der Waals surface area contributed by atoms with Gasteiger partial charge in [0, 0.05) is 192 Å². The van der Waals surface area contributed by atoms with Crippen LogP contribution in [0.3, 0.4) is 0 Å². The highest BCUT2D eigenvalue weighted by Gasteiger charge is 2.35. The van der Waals surface area contributed by atoms with Crippen LogP contribution in [0.25, 0.3) is 0 Å². The monoisotopic (exact) mass is 2110 g/mol. The fourth-order valence-corrected chi connectivity index (χ4v) is 13.6. The highest BCUT2D eigenvalue weighted by atomic mass is 32.2. The summed E-state index contributed by atoms with van der Waals surface area (Å²) in [6.45, 7) is 17.6. The first kappa shape index (κ1) is 131. The number of thioether (sulfide) groups is 1. The van der Waals surface area contributed by atoms with Crippen LogP contribution in [0.5, 0.6) is 5.75 Å². The van der Waals surface area contributed by atoms with Gasteiger partial charge in [0.2, 0.25) is 52.3 Å². The molecule has 55 nitrogen and oxygen atoms in total. The number of urea groups is 1. The molecule has 0 radical (unpaired) electrons. The molecule has 820 valence electrons. The molecule has 0 saturated carbocycles. The fraction of sp³-hybridized carbons (Fsp3) is 0.655. The minimum absolute atomic E-state index is 0.0169. The summed E-state index contributed by atoms with van der Waals surface area (Å²) in [4.78, 5) is 173. The van der Waals surface area contributed by atoms with E-state index in [4.69, 9.17) is 10.2 Å². The van der Waals surface area contributed by atoms with Crippen LogP contribution in [0.1, 0.15) is 37.9 Å². The summed E-state index contributed by atoms with van der Waals surface area (Å²) in [6, 6.07) is 1.49. The van der Waals surface area contributed by atoms with Gasteiger partial charge in [-0.3, -0.25) is 76.9 Å². The van der Waals surface area contributed by atoms with Crippen LogP contribution < -0.4 is 73.4 Å². The quantitative estimate of drug-likeness (QED) is 0.0155. The van der Waals surface area contributed by atoms with E-state index in [-0.39, 0.29) is 63.1 Å². The number of rotatable bonds is 46. The molecule has 1 unspecified atom stereocenters. The molecule has 1 saturated heterocycles. The highest BCUT2D eigenvalue weighted by Crippen LogP contribution is 2.22.